The van der Waals surface area contributed by atoms with Crippen LogP contribution in [0.4, 0.5) is 11.4 Å². The molecular formula is C24H30N3O4+. The van der Waals surface area contributed by atoms with E-state index in [9.17, 15) is 14.4 Å². The Hall–Kier alpha value is -3.19. The van der Waals surface area contributed by atoms with Crippen LogP contribution in [-0.4, -0.2) is 56.5 Å². The number of Topliss-reactive ketones (excluding diaryl/α,β-unsaturated/α-hetero) is 1. The van der Waals surface area contributed by atoms with Crippen molar-refractivity contribution in [1.82, 2.24) is 0 Å². The molecule has 1 aliphatic heterocycles. The zero-order valence-corrected chi connectivity index (χ0v) is 18.3. The van der Waals surface area contributed by atoms with E-state index in [4.69, 9.17) is 4.74 Å². The number of carbonyl (C=O) groups excluding carboxylic acids is 3. The van der Waals surface area contributed by atoms with Gasteiger partial charge in [-0.1, -0.05) is 0 Å². The minimum Gasteiger partial charge on any atom is -0.459 e. The third-order valence-corrected chi connectivity index (χ3v) is 5.27. The van der Waals surface area contributed by atoms with Crippen LogP contribution in [0.3, 0.4) is 0 Å². The molecule has 7 heteroatoms. The van der Waals surface area contributed by atoms with Gasteiger partial charge >= 0.3 is 5.97 Å². The van der Waals surface area contributed by atoms with E-state index in [1.807, 2.05) is 24.3 Å². The van der Waals surface area contributed by atoms with Crippen molar-refractivity contribution in [3.8, 4) is 0 Å². The molecule has 31 heavy (non-hydrogen) atoms. The van der Waals surface area contributed by atoms with Gasteiger partial charge in [0.15, 0.2) is 12.3 Å². The van der Waals surface area contributed by atoms with E-state index in [1.54, 1.807) is 45.0 Å². The Morgan fingerprint density at radius 2 is 1.55 bits per heavy atom. The van der Waals surface area contributed by atoms with Gasteiger partial charge < -0.3 is 19.9 Å². The minimum atomic E-state index is -0.369. The van der Waals surface area contributed by atoms with Crippen LogP contribution in [0.2, 0.25) is 0 Å². The fourth-order valence-corrected chi connectivity index (χ4v) is 3.57. The maximum absolute atomic E-state index is 12.4. The van der Waals surface area contributed by atoms with Crippen LogP contribution in [0.5, 0.6) is 0 Å². The Labute approximate surface area is 183 Å². The number of carbonyl (C=O) groups is 3. The molecule has 0 unspecified atom stereocenters. The van der Waals surface area contributed by atoms with Gasteiger partial charge in [0.05, 0.1) is 37.8 Å². The largest absolute Gasteiger partial charge is 0.459 e. The molecule has 2 aromatic carbocycles. The van der Waals surface area contributed by atoms with E-state index in [0.717, 1.165) is 37.4 Å². The highest BCUT2D eigenvalue weighted by Gasteiger charge is 2.22. The van der Waals surface area contributed by atoms with Crippen molar-refractivity contribution in [2.45, 2.75) is 26.9 Å². The molecule has 0 aliphatic carbocycles. The first-order valence-electron chi connectivity index (χ1n) is 10.6. The van der Waals surface area contributed by atoms with E-state index >= 15 is 0 Å². The summed E-state index contributed by atoms with van der Waals surface area (Å²) in [4.78, 5) is 39.2. The van der Waals surface area contributed by atoms with Crippen LogP contribution < -0.4 is 15.1 Å². The van der Waals surface area contributed by atoms with Gasteiger partial charge in [-0.2, -0.15) is 0 Å². The number of esters is 1. The SMILES string of the molecule is CC(=O)c1ccc(N2CC[NH+](CC(=O)Nc3ccc(C(=O)OC(C)C)cc3)CC2)cc1. The van der Waals surface area contributed by atoms with Crippen LogP contribution in [0.1, 0.15) is 41.5 Å². The lowest BCUT2D eigenvalue weighted by Crippen LogP contribution is -3.15. The minimum absolute atomic E-state index is 0.0493. The highest BCUT2D eigenvalue weighted by atomic mass is 16.5. The molecule has 0 bridgehead atoms. The third kappa shape index (κ3) is 6.39. The molecule has 1 saturated heterocycles. The molecule has 0 spiro atoms. The molecule has 0 radical (unpaired) electrons. The van der Waals surface area contributed by atoms with Crippen molar-refractivity contribution in [1.29, 1.82) is 0 Å². The van der Waals surface area contributed by atoms with E-state index in [2.05, 4.69) is 10.2 Å². The summed E-state index contributed by atoms with van der Waals surface area (Å²) in [6.45, 7) is 9.01. The number of piperazine rings is 1. The summed E-state index contributed by atoms with van der Waals surface area (Å²) in [5.74, 6) is -0.352. The van der Waals surface area contributed by atoms with Gasteiger partial charge in [-0.25, -0.2) is 4.79 Å². The van der Waals surface area contributed by atoms with Gasteiger partial charge in [0.2, 0.25) is 0 Å². The Kier molecular flexibility index (Phi) is 7.41. The number of ketones is 1. The second-order valence-corrected chi connectivity index (χ2v) is 8.10. The summed E-state index contributed by atoms with van der Waals surface area (Å²) >= 11 is 0. The van der Waals surface area contributed by atoms with Crippen molar-refractivity contribution >= 4 is 29.0 Å². The molecule has 0 aromatic heterocycles. The summed E-state index contributed by atoms with van der Waals surface area (Å²) in [6.07, 6.45) is -0.171. The Balaban J connectivity index is 1.45. The van der Waals surface area contributed by atoms with Gasteiger partial charge in [0.25, 0.3) is 5.91 Å². The number of rotatable bonds is 7. The summed E-state index contributed by atoms with van der Waals surface area (Å²) < 4.78 is 5.17. The number of nitrogens with zero attached hydrogens (tertiary/aromatic N) is 1. The number of amides is 1. The number of hydrogen-bond donors (Lipinski definition) is 2. The van der Waals surface area contributed by atoms with Gasteiger partial charge in [0, 0.05) is 16.9 Å². The molecule has 164 valence electrons. The van der Waals surface area contributed by atoms with Crippen LogP contribution in [0, 0.1) is 0 Å². The van der Waals surface area contributed by atoms with Crippen molar-refractivity contribution in [3.63, 3.8) is 0 Å². The van der Waals surface area contributed by atoms with Crippen LogP contribution >= 0.6 is 0 Å². The average Bonchev–Trinajstić information content (AvgIpc) is 2.74. The number of quaternary nitrogens is 1. The Morgan fingerprint density at radius 1 is 0.968 bits per heavy atom. The third-order valence-electron chi connectivity index (χ3n) is 5.27. The lowest BCUT2D eigenvalue weighted by atomic mass is 10.1. The number of anilines is 2. The van der Waals surface area contributed by atoms with Crippen molar-refractivity contribution in [3.05, 3.63) is 59.7 Å². The smallest absolute Gasteiger partial charge is 0.338 e. The lowest BCUT2D eigenvalue weighted by Gasteiger charge is -2.33. The van der Waals surface area contributed by atoms with Gasteiger partial charge in [-0.3, -0.25) is 9.59 Å². The number of nitrogens with one attached hydrogen (secondary N) is 2. The fourth-order valence-electron chi connectivity index (χ4n) is 3.57. The quantitative estimate of drug-likeness (QED) is 0.523. The van der Waals surface area contributed by atoms with Gasteiger partial charge in [0.1, 0.15) is 0 Å². The maximum atomic E-state index is 12.4. The molecule has 0 atom stereocenters. The predicted molar refractivity (Wildman–Crippen MR) is 120 cm³/mol. The second kappa shape index (κ2) is 10.2. The summed E-state index contributed by atoms with van der Waals surface area (Å²) in [5, 5.41) is 2.90. The monoisotopic (exact) mass is 424 g/mol. The standard InChI is InChI=1S/C24H29N3O4/c1-17(2)31-24(30)20-4-8-21(9-5-20)25-23(29)16-26-12-14-27(15-13-26)22-10-6-19(7-11-22)18(3)28/h4-11,17H,12-16H2,1-3H3,(H,25,29)/p+1. The van der Waals surface area contributed by atoms with E-state index in [1.165, 1.54) is 4.90 Å². The average molecular weight is 425 g/mol. The molecule has 1 aliphatic rings. The highest BCUT2D eigenvalue weighted by Crippen LogP contribution is 2.15. The van der Waals surface area contributed by atoms with Crippen molar-refractivity contribution in [2.24, 2.45) is 0 Å². The molecule has 7 nitrogen and oxygen atoms in total. The Bertz CT molecular complexity index is 915. The second-order valence-electron chi connectivity index (χ2n) is 8.10. The van der Waals surface area contributed by atoms with Crippen LogP contribution in [0.25, 0.3) is 0 Å². The van der Waals surface area contributed by atoms with Crippen molar-refractivity contribution < 1.29 is 24.0 Å². The number of benzene rings is 2. The molecule has 1 heterocycles. The summed E-state index contributed by atoms with van der Waals surface area (Å²) in [6, 6.07) is 14.4. The normalized spacial score (nSPS) is 14.4. The first-order chi connectivity index (χ1) is 14.8. The van der Waals surface area contributed by atoms with Crippen LogP contribution in [-0.2, 0) is 9.53 Å². The first kappa shape index (κ1) is 22.5. The molecule has 2 N–H and O–H groups in total. The molecule has 0 saturated carbocycles. The molecule has 3 rings (SSSR count). The zero-order chi connectivity index (χ0) is 22.4. The van der Waals surface area contributed by atoms with E-state index < -0.39 is 0 Å². The van der Waals surface area contributed by atoms with E-state index in [-0.39, 0.29) is 23.8 Å². The lowest BCUT2D eigenvalue weighted by molar-refractivity contribution is -0.892. The van der Waals surface area contributed by atoms with Crippen LogP contribution in [0.15, 0.2) is 48.5 Å². The number of ether oxygens (including phenoxy) is 1. The molecule has 1 fully saturated rings. The van der Waals surface area contributed by atoms with Gasteiger partial charge in [-0.05, 0) is 69.3 Å². The molecular weight excluding hydrogens is 394 g/mol. The first-order valence-corrected chi connectivity index (χ1v) is 10.6. The zero-order valence-electron chi connectivity index (χ0n) is 18.3. The highest BCUT2D eigenvalue weighted by molar-refractivity contribution is 5.94. The topological polar surface area (TPSA) is 80.2 Å². The van der Waals surface area contributed by atoms with E-state index in [0.29, 0.717) is 17.8 Å². The van der Waals surface area contributed by atoms with Crippen molar-refractivity contribution in [2.75, 3.05) is 42.9 Å². The Morgan fingerprint density at radius 3 is 2.10 bits per heavy atom. The molecule has 2 aromatic rings. The summed E-state index contributed by atoms with van der Waals surface area (Å²) in [7, 11) is 0. The van der Waals surface area contributed by atoms with Gasteiger partial charge in [-0.15, -0.1) is 0 Å². The summed E-state index contributed by atoms with van der Waals surface area (Å²) in [5.41, 5.74) is 2.94. The predicted octanol–water partition coefficient (Wildman–Crippen LogP) is 1.80. The maximum Gasteiger partial charge on any atom is 0.338 e. The number of hydrogen-bond acceptors (Lipinski definition) is 5. The molecule has 1 amide bonds. The fraction of sp³-hybridized carbons (Fsp3) is 0.375.